The maximum absolute atomic E-state index is 12.2. The van der Waals surface area contributed by atoms with Crippen molar-refractivity contribution in [2.45, 2.75) is 58.0 Å². The molecule has 5 nitrogen and oxygen atoms in total. The number of carbonyl (C=O) groups is 2. The minimum Gasteiger partial charge on any atom is -0.388 e. The summed E-state index contributed by atoms with van der Waals surface area (Å²) in [4.78, 5) is 26.0. The Morgan fingerprint density at radius 3 is 2.33 bits per heavy atom. The molecule has 1 saturated heterocycles. The van der Waals surface area contributed by atoms with E-state index in [4.69, 9.17) is 0 Å². The minimum atomic E-state index is -0.691. The maximum Gasteiger partial charge on any atom is 0.225 e. The molecule has 0 bridgehead atoms. The molecule has 1 heterocycles. The number of nitrogens with one attached hydrogen (secondary N) is 1. The molecule has 120 valence electrons. The summed E-state index contributed by atoms with van der Waals surface area (Å²) < 4.78 is 0. The Bertz CT molecular complexity index is 381. The van der Waals surface area contributed by atoms with Gasteiger partial charge in [-0.25, -0.2) is 0 Å². The number of hydrogen-bond donors (Lipinski definition) is 2. The highest BCUT2D eigenvalue weighted by Crippen LogP contribution is 2.29. The second-order valence-corrected chi connectivity index (χ2v) is 6.90. The van der Waals surface area contributed by atoms with Gasteiger partial charge in [-0.15, -0.1) is 0 Å². The van der Waals surface area contributed by atoms with Crippen LogP contribution in [0.2, 0.25) is 0 Å². The van der Waals surface area contributed by atoms with E-state index >= 15 is 0 Å². The number of rotatable bonds is 4. The number of hydrogen-bond acceptors (Lipinski definition) is 3. The van der Waals surface area contributed by atoms with Crippen LogP contribution in [-0.2, 0) is 9.59 Å². The first-order valence-electron chi connectivity index (χ1n) is 8.20. The van der Waals surface area contributed by atoms with Crippen molar-refractivity contribution >= 4 is 11.8 Å². The topological polar surface area (TPSA) is 69.6 Å². The van der Waals surface area contributed by atoms with Crippen LogP contribution in [0.4, 0.5) is 0 Å². The van der Waals surface area contributed by atoms with Crippen LogP contribution >= 0.6 is 0 Å². The third-order valence-electron chi connectivity index (χ3n) is 4.80. The first kappa shape index (κ1) is 16.3. The fourth-order valence-corrected chi connectivity index (χ4v) is 3.33. The highest BCUT2D eigenvalue weighted by atomic mass is 16.3. The van der Waals surface area contributed by atoms with Gasteiger partial charge in [0.25, 0.3) is 0 Å². The van der Waals surface area contributed by atoms with Crippen molar-refractivity contribution in [3.05, 3.63) is 0 Å². The summed E-state index contributed by atoms with van der Waals surface area (Å²) in [7, 11) is 0. The Kier molecular flexibility index (Phi) is 5.25. The minimum absolute atomic E-state index is 0.0204. The molecule has 2 rings (SSSR count). The van der Waals surface area contributed by atoms with Crippen molar-refractivity contribution in [3.8, 4) is 0 Å². The predicted octanol–water partition coefficient (Wildman–Crippen LogP) is 1.30. The normalized spacial score (nSPS) is 22.6. The molecule has 0 aromatic rings. The second-order valence-electron chi connectivity index (χ2n) is 6.90. The van der Waals surface area contributed by atoms with Gasteiger partial charge in [-0.1, -0.05) is 26.7 Å². The zero-order chi connectivity index (χ0) is 15.5. The molecule has 21 heavy (non-hydrogen) atoms. The lowest BCUT2D eigenvalue weighted by molar-refractivity contribution is -0.138. The molecule has 2 fully saturated rings. The van der Waals surface area contributed by atoms with E-state index in [0.29, 0.717) is 19.6 Å². The maximum atomic E-state index is 12.2. The number of amides is 2. The quantitative estimate of drug-likeness (QED) is 0.821. The molecule has 0 aromatic heterocycles. The lowest BCUT2D eigenvalue weighted by atomic mass is 9.94. The van der Waals surface area contributed by atoms with E-state index in [-0.39, 0.29) is 23.7 Å². The van der Waals surface area contributed by atoms with Gasteiger partial charge in [-0.05, 0) is 25.7 Å². The molecule has 1 aliphatic carbocycles. The van der Waals surface area contributed by atoms with Crippen molar-refractivity contribution in [1.29, 1.82) is 0 Å². The van der Waals surface area contributed by atoms with Crippen LogP contribution in [0.25, 0.3) is 0 Å². The van der Waals surface area contributed by atoms with Gasteiger partial charge in [-0.3, -0.25) is 9.59 Å². The van der Waals surface area contributed by atoms with E-state index in [9.17, 15) is 14.7 Å². The number of likely N-dealkylation sites (tertiary alicyclic amines) is 1. The molecular formula is C16H28N2O3. The zero-order valence-electron chi connectivity index (χ0n) is 13.2. The van der Waals surface area contributed by atoms with Crippen LogP contribution in [0, 0.1) is 11.8 Å². The average molecular weight is 296 g/mol. The first-order valence-corrected chi connectivity index (χ1v) is 8.20. The summed E-state index contributed by atoms with van der Waals surface area (Å²) in [5.41, 5.74) is -0.691. The van der Waals surface area contributed by atoms with Crippen LogP contribution in [0.1, 0.15) is 52.4 Å². The first-order chi connectivity index (χ1) is 9.91. The summed E-state index contributed by atoms with van der Waals surface area (Å²) in [5, 5.41) is 13.2. The van der Waals surface area contributed by atoms with Crippen LogP contribution in [0.3, 0.4) is 0 Å². The fourth-order valence-electron chi connectivity index (χ4n) is 3.33. The largest absolute Gasteiger partial charge is 0.388 e. The lowest BCUT2D eigenvalue weighted by Gasteiger charge is -2.33. The predicted molar refractivity (Wildman–Crippen MR) is 80.6 cm³/mol. The Labute approximate surface area is 127 Å². The van der Waals surface area contributed by atoms with Crippen LogP contribution < -0.4 is 5.32 Å². The number of aliphatic hydroxyl groups is 1. The Balaban J connectivity index is 1.74. The summed E-state index contributed by atoms with van der Waals surface area (Å²) >= 11 is 0. The molecule has 0 radical (unpaired) electrons. The zero-order valence-corrected chi connectivity index (χ0v) is 13.2. The van der Waals surface area contributed by atoms with Crippen LogP contribution in [-0.4, -0.2) is 47.1 Å². The van der Waals surface area contributed by atoms with Crippen LogP contribution in [0.15, 0.2) is 0 Å². The Morgan fingerprint density at radius 1 is 1.24 bits per heavy atom. The molecule has 5 heteroatoms. The van der Waals surface area contributed by atoms with E-state index in [1.54, 1.807) is 0 Å². The summed E-state index contributed by atoms with van der Waals surface area (Å²) in [5.74, 6) is 0.208. The third kappa shape index (κ3) is 4.19. The monoisotopic (exact) mass is 296 g/mol. The highest BCUT2D eigenvalue weighted by molar-refractivity contribution is 5.80. The summed E-state index contributed by atoms with van der Waals surface area (Å²) in [6.45, 7) is 5.52. The molecule has 0 atom stereocenters. The average Bonchev–Trinajstić information content (AvgIpc) is 2.91. The molecule has 0 spiro atoms. The van der Waals surface area contributed by atoms with E-state index < -0.39 is 5.60 Å². The highest BCUT2D eigenvalue weighted by Gasteiger charge is 2.33. The molecule has 2 N–H and O–H groups in total. The summed E-state index contributed by atoms with van der Waals surface area (Å²) in [6, 6.07) is 0. The molecule has 2 aliphatic rings. The van der Waals surface area contributed by atoms with E-state index in [1.807, 2.05) is 18.7 Å². The van der Waals surface area contributed by atoms with Gasteiger partial charge in [0.15, 0.2) is 0 Å². The lowest BCUT2D eigenvalue weighted by Crippen LogP contribution is -2.47. The number of nitrogens with zero attached hydrogens (tertiary/aromatic N) is 1. The fraction of sp³-hybridized carbons (Fsp3) is 0.875. The smallest absolute Gasteiger partial charge is 0.225 e. The van der Waals surface area contributed by atoms with E-state index in [2.05, 4.69) is 5.32 Å². The van der Waals surface area contributed by atoms with Crippen molar-refractivity contribution in [1.82, 2.24) is 10.2 Å². The van der Waals surface area contributed by atoms with E-state index in [0.717, 1.165) is 38.5 Å². The molecule has 0 aromatic carbocycles. The van der Waals surface area contributed by atoms with Gasteiger partial charge in [0, 0.05) is 31.5 Å². The van der Waals surface area contributed by atoms with E-state index in [1.165, 1.54) is 0 Å². The number of piperidine rings is 1. The van der Waals surface area contributed by atoms with Gasteiger partial charge in [-0.2, -0.15) is 0 Å². The van der Waals surface area contributed by atoms with Crippen molar-refractivity contribution in [3.63, 3.8) is 0 Å². The van der Waals surface area contributed by atoms with Crippen LogP contribution in [0.5, 0.6) is 0 Å². The van der Waals surface area contributed by atoms with Gasteiger partial charge in [0.2, 0.25) is 11.8 Å². The van der Waals surface area contributed by atoms with Gasteiger partial charge in [0.1, 0.15) is 0 Å². The number of carbonyl (C=O) groups excluding carboxylic acids is 2. The molecular weight excluding hydrogens is 268 g/mol. The van der Waals surface area contributed by atoms with Gasteiger partial charge in [0.05, 0.1) is 5.60 Å². The molecule has 2 amide bonds. The summed E-state index contributed by atoms with van der Waals surface area (Å²) in [6.07, 6.45) is 5.11. The molecule has 1 saturated carbocycles. The SMILES string of the molecule is CC(C)C(=O)N1CCC(C(=O)NCC2(O)CCCC2)CC1. The van der Waals surface area contributed by atoms with Crippen molar-refractivity contribution < 1.29 is 14.7 Å². The van der Waals surface area contributed by atoms with Crippen molar-refractivity contribution in [2.24, 2.45) is 11.8 Å². The molecule has 1 aliphatic heterocycles. The Hall–Kier alpha value is -1.10. The van der Waals surface area contributed by atoms with Gasteiger partial charge >= 0.3 is 0 Å². The third-order valence-corrected chi connectivity index (χ3v) is 4.80. The second kappa shape index (κ2) is 6.77. The molecule has 0 unspecified atom stereocenters. The van der Waals surface area contributed by atoms with Crippen molar-refractivity contribution in [2.75, 3.05) is 19.6 Å². The standard InChI is InChI=1S/C16H28N2O3/c1-12(2)15(20)18-9-5-13(6-10-18)14(19)17-11-16(21)7-3-4-8-16/h12-13,21H,3-11H2,1-2H3,(H,17,19). The Morgan fingerprint density at radius 2 is 1.81 bits per heavy atom. The van der Waals surface area contributed by atoms with Gasteiger partial charge < -0.3 is 15.3 Å².